The van der Waals surface area contributed by atoms with E-state index < -0.39 is 5.54 Å². The van der Waals surface area contributed by atoms with Gasteiger partial charge in [-0.2, -0.15) is 5.26 Å². The molecule has 0 spiro atoms. The Morgan fingerprint density at radius 3 is 2.30 bits per heavy atom. The van der Waals surface area contributed by atoms with Crippen molar-refractivity contribution in [2.24, 2.45) is 0 Å². The largest absolute Gasteiger partial charge is 0.336 e. The topological polar surface area (TPSA) is 76.4 Å². The minimum Gasteiger partial charge on any atom is -0.336 e. The normalized spacial score (nSPS) is 21.1. The lowest BCUT2D eigenvalue weighted by molar-refractivity contribution is -0.128. The summed E-state index contributed by atoms with van der Waals surface area (Å²) < 4.78 is 0. The number of nitrogens with zero attached hydrogens (tertiary/aromatic N) is 3. The lowest BCUT2D eigenvalue weighted by atomic mass is 9.82. The zero-order chi connectivity index (χ0) is 19.3. The molecule has 1 atom stereocenters. The molecule has 1 saturated heterocycles. The fourth-order valence-electron chi connectivity index (χ4n) is 4.00. The average Bonchev–Trinajstić information content (AvgIpc) is 2.74. The van der Waals surface area contributed by atoms with Crippen LogP contribution in [0.25, 0.3) is 0 Å². The van der Waals surface area contributed by atoms with Crippen molar-refractivity contribution in [1.29, 1.82) is 5.26 Å². The van der Waals surface area contributed by atoms with Gasteiger partial charge < -0.3 is 10.2 Å². The lowest BCUT2D eigenvalue weighted by Gasteiger charge is -2.39. The van der Waals surface area contributed by atoms with Gasteiger partial charge in [0.1, 0.15) is 5.54 Å². The van der Waals surface area contributed by atoms with E-state index in [1.807, 2.05) is 42.2 Å². The zero-order valence-corrected chi connectivity index (χ0v) is 16.0. The van der Waals surface area contributed by atoms with Gasteiger partial charge in [0.25, 0.3) is 5.91 Å². The summed E-state index contributed by atoms with van der Waals surface area (Å²) in [4.78, 5) is 29.2. The van der Waals surface area contributed by atoms with E-state index in [0.717, 1.165) is 32.1 Å². The number of nitriles is 1. The van der Waals surface area contributed by atoms with E-state index in [-0.39, 0.29) is 17.9 Å². The summed E-state index contributed by atoms with van der Waals surface area (Å²) in [5.41, 5.74) is -0.000636. The predicted octanol–water partition coefficient (Wildman–Crippen LogP) is 2.18. The van der Waals surface area contributed by atoms with Gasteiger partial charge in [-0.05, 0) is 31.9 Å². The molecule has 6 nitrogen and oxygen atoms in total. The summed E-state index contributed by atoms with van der Waals surface area (Å²) in [5, 5.41) is 12.6. The molecule has 0 radical (unpaired) electrons. The number of amides is 2. The third kappa shape index (κ3) is 4.48. The third-order valence-electron chi connectivity index (χ3n) is 5.83. The van der Waals surface area contributed by atoms with Crippen LogP contribution in [0.5, 0.6) is 0 Å². The Bertz CT molecular complexity index is 699. The highest BCUT2D eigenvalue weighted by Crippen LogP contribution is 2.27. The van der Waals surface area contributed by atoms with Crippen LogP contribution in [0.1, 0.15) is 49.4 Å². The Morgan fingerprint density at radius 2 is 1.70 bits per heavy atom. The Balaban J connectivity index is 1.53. The van der Waals surface area contributed by atoms with Crippen molar-refractivity contribution in [3.05, 3.63) is 35.9 Å². The van der Waals surface area contributed by atoms with Crippen LogP contribution < -0.4 is 5.32 Å². The molecule has 1 N–H and O–H groups in total. The first kappa shape index (κ1) is 19.4. The quantitative estimate of drug-likeness (QED) is 0.884. The van der Waals surface area contributed by atoms with E-state index in [0.29, 0.717) is 31.7 Å². The molecule has 2 amide bonds. The molecule has 0 bridgehead atoms. The molecular weight excluding hydrogens is 340 g/mol. The molecule has 1 aliphatic heterocycles. The number of rotatable bonds is 4. The molecule has 1 unspecified atom stereocenters. The van der Waals surface area contributed by atoms with E-state index in [1.54, 1.807) is 0 Å². The molecule has 1 saturated carbocycles. The lowest BCUT2D eigenvalue weighted by Crippen LogP contribution is -2.58. The second kappa shape index (κ2) is 8.53. The molecule has 1 aliphatic carbocycles. The third-order valence-corrected chi connectivity index (χ3v) is 5.83. The summed E-state index contributed by atoms with van der Waals surface area (Å²) >= 11 is 0. The van der Waals surface area contributed by atoms with Gasteiger partial charge in [-0.25, -0.2) is 0 Å². The van der Waals surface area contributed by atoms with E-state index in [1.165, 1.54) is 0 Å². The maximum Gasteiger partial charge on any atom is 0.253 e. The van der Waals surface area contributed by atoms with Gasteiger partial charge in [0.15, 0.2) is 0 Å². The van der Waals surface area contributed by atoms with Gasteiger partial charge in [-0.15, -0.1) is 0 Å². The van der Waals surface area contributed by atoms with Gasteiger partial charge in [0.05, 0.1) is 12.1 Å². The minimum atomic E-state index is -0.700. The van der Waals surface area contributed by atoms with Crippen LogP contribution in [0.2, 0.25) is 0 Å². The zero-order valence-electron chi connectivity index (χ0n) is 16.0. The number of carbonyl (C=O) groups excluding carboxylic acids is 2. The van der Waals surface area contributed by atoms with Crippen LogP contribution in [-0.4, -0.2) is 59.4 Å². The van der Waals surface area contributed by atoms with Crippen LogP contribution in [0.15, 0.2) is 30.3 Å². The van der Waals surface area contributed by atoms with Crippen molar-refractivity contribution >= 4 is 11.8 Å². The highest BCUT2D eigenvalue weighted by atomic mass is 16.2. The molecule has 3 rings (SSSR count). The number of piperazine rings is 1. The van der Waals surface area contributed by atoms with E-state index in [4.69, 9.17) is 0 Å². The van der Waals surface area contributed by atoms with Gasteiger partial charge in [-0.1, -0.05) is 37.5 Å². The Hall–Kier alpha value is -2.39. The number of hydrogen-bond donors (Lipinski definition) is 1. The monoisotopic (exact) mass is 368 g/mol. The first-order valence-corrected chi connectivity index (χ1v) is 9.86. The molecule has 144 valence electrons. The average molecular weight is 368 g/mol. The standard InChI is InChI=1S/C21H28N4O2/c1-17(19(26)23-21(16-22)10-6-3-7-11-21)24-12-14-25(15-13-24)20(27)18-8-4-2-5-9-18/h2,4-5,8-9,17H,3,6-7,10-15H2,1H3,(H,23,26). The first-order valence-electron chi connectivity index (χ1n) is 9.86. The van der Waals surface area contributed by atoms with Gasteiger partial charge in [-0.3, -0.25) is 14.5 Å². The molecule has 27 heavy (non-hydrogen) atoms. The van der Waals surface area contributed by atoms with E-state index in [9.17, 15) is 14.9 Å². The minimum absolute atomic E-state index is 0.0398. The maximum atomic E-state index is 12.7. The fourth-order valence-corrected chi connectivity index (χ4v) is 4.00. The van der Waals surface area contributed by atoms with E-state index in [2.05, 4.69) is 16.3 Å². The van der Waals surface area contributed by atoms with Crippen molar-refractivity contribution < 1.29 is 9.59 Å². The molecule has 1 heterocycles. The van der Waals surface area contributed by atoms with Crippen molar-refractivity contribution in [2.45, 2.75) is 50.6 Å². The number of carbonyl (C=O) groups is 2. The first-order chi connectivity index (χ1) is 13.0. The maximum absolute atomic E-state index is 12.7. The van der Waals surface area contributed by atoms with Crippen molar-refractivity contribution in [3.63, 3.8) is 0 Å². The fraction of sp³-hybridized carbons (Fsp3) is 0.571. The van der Waals surface area contributed by atoms with Crippen molar-refractivity contribution in [3.8, 4) is 6.07 Å². The van der Waals surface area contributed by atoms with Crippen molar-refractivity contribution in [1.82, 2.24) is 15.1 Å². The van der Waals surface area contributed by atoms with E-state index >= 15 is 0 Å². The van der Waals surface area contributed by atoms with Crippen LogP contribution in [-0.2, 0) is 4.79 Å². The van der Waals surface area contributed by atoms with Gasteiger partial charge >= 0.3 is 0 Å². The molecule has 0 aromatic heterocycles. The Morgan fingerprint density at radius 1 is 1.07 bits per heavy atom. The summed E-state index contributed by atoms with van der Waals surface area (Å²) in [6, 6.07) is 11.3. The SMILES string of the molecule is CC(C(=O)NC1(C#N)CCCCC1)N1CCN(C(=O)c2ccccc2)CC1. The summed E-state index contributed by atoms with van der Waals surface area (Å²) in [6.07, 6.45) is 4.58. The molecule has 6 heteroatoms. The molecule has 2 fully saturated rings. The molecule has 1 aromatic carbocycles. The Kier molecular flexibility index (Phi) is 6.12. The number of benzene rings is 1. The van der Waals surface area contributed by atoms with Crippen LogP contribution in [0.4, 0.5) is 0 Å². The summed E-state index contributed by atoms with van der Waals surface area (Å²) in [6.45, 7) is 4.42. The second-order valence-corrected chi connectivity index (χ2v) is 7.61. The molecule has 1 aromatic rings. The van der Waals surface area contributed by atoms with Crippen LogP contribution >= 0.6 is 0 Å². The molecular formula is C21H28N4O2. The van der Waals surface area contributed by atoms with Gasteiger partial charge in [0, 0.05) is 31.7 Å². The molecule has 2 aliphatic rings. The Labute approximate surface area is 161 Å². The van der Waals surface area contributed by atoms with Crippen LogP contribution in [0, 0.1) is 11.3 Å². The highest BCUT2D eigenvalue weighted by Gasteiger charge is 2.36. The smallest absolute Gasteiger partial charge is 0.253 e. The number of hydrogen-bond acceptors (Lipinski definition) is 4. The number of nitrogens with one attached hydrogen (secondary N) is 1. The highest BCUT2D eigenvalue weighted by molar-refractivity contribution is 5.94. The summed E-state index contributed by atoms with van der Waals surface area (Å²) in [5.74, 6) is -0.0423. The van der Waals surface area contributed by atoms with Crippen molar-refractivity contribution in [2.75, 3.05) is 26.2 Å². The van der Waals surface area contributed by atoms with Crippen LogP contribution in [0.3, 0.4) is 0 Å². The van der Waals surface area contributed by atoms with Gasteiger partial charge in [0.2, 0.25) is 5.91 Å². The second-order valence-electron chi connectivity index (χ2n) is 7.61. The summed E-state index contributed by atoms with van der Waals surface area (Å²) in [7, 11) is 0. The predicted molar refractivity (Wildman–Crippen MR) is 103 cm³/mol.